The third kappa shape index (κ3) is 3.01. The van der Waals surface area contributed by atoms with Crippen molar-refractivity contribution < 1.29 is 9.53 Å². The van der Waals surface area contributed by atoms with Gasteiger partial charge in [-0.2, -0.15) is 0 Å². The van der Waals surface area contributed by atoms with Gasteiger partial charge >= 0.3 is 0 Å². The molecular formula is C20H19N3O2. The first kappa shape index (κ1) is 15.4. The van der Waals surface area contributed by atoms with E-state index in [0.29, 0.717) is 12.2 Å². The number of nitrogens with one attached hydrogen (secondary N) is 1. The molecule has 0 unspecified atom stereocenters. The van der Waals surface area contributed by atoms with Crippen molar-refractivity contribution in [2.75, 3.05) is 6.61 Å². The van der Waals surface area contributed by atoms with Crippen molar-refractivity contribution in [2.45, 2.75) is 18.9 Å². The van der Waals surface area contributed by atoms with Gasteiger partial charge in [0, 0.05) is 41.2 Å². The van der Waals surface area contributed by atoms with E-state index in [1.54, 1.807) is 12.5 Å². The average Bonchev–Trinajstić information content (AvgIpc) is 3.31. The number of nitrogens with zero attached hydrogens (tertiary/aromatic N) is 2. The molecule has 0 bridgehead atoms. The maximum absolute atomic E-state index is 12.6. The quantitative estimate of drug-likeness (QED) is 0.798. The maximum Gasteiger partial charge on any atom is 0.251 e. The Morgan fingerprint density at radius 2 is 2.04 bits per heavy atom. The molecule has 2 atom stereocenters. The Balaban J connectivity index is 1.45. The lowest BCUT2D eigenvalue weighted by molar-refractivity contribution is 0.0932. The van der Waals surface area contributed by atoms with E-state index in [4.69, 9.17) is 4.74 Å². The van der Waals surface area contributed by atoms with Crippen molar-refractivity contribution in [3.8, 4) is 11.4 Å². The molecule has 1 aliphatic heterocycles. The smallest absolute Gasteiger partial charge is 0.251 e. The number of rotatable bonds is 4. The van der Waals surface area contributed by atoms with Crippen LogP contribution in [0.4, 0.5) is 0 Å². The number of para-hydroxylation sites is 1. The molecule has 0 saturated carbocycles. The zero-order chi connectivity index (χ0) is 17.2. The number of hydrogen-bond donors (Lipinski definition) is 1. The normalized spacial score (nSPS) is 16.8. The van der Waals surface area contributed by atoms with Crippen molar-refractivity contribution in [1.82, 2.24) is 14.9 Å². The van der Waals surface area contributed by atoms with Crippen LogP contribution >= 0.6 is 0 Å². The van der Waals surface area contributed by atoms with Gasteiger partial charge in [0.1, 0.15) is 5.75 Å². The zero-order valence-electron chi connectivity index (χ0n) is 13.9. The Morgan fingerprint density at radius 3 is 2.80 bits per heavy atom. The molecule has 126 valence electrons. The van der Waals surface area contributed by atoms with Gasteiger partial charge in [-0.25, -0.2) is 4.98 Å². The van der Waals surface area contributed by atoms with E-state index < -0.39 is 0 Å². The lowest BCUT2D eigenvalue weighted by Crippen LogP contribution is -2.37. The highest BCUT2D eigenvalue weighted by atomic mass is 16.5. The molecular weight excluding hydrogens is 314 g/mol. The summed E-state index contributed by atoms with van der Waals surface area (Å²) in [6, 6.07) is 15.5. The molecule has 25 heavy (non-hydrogen) atoms. The molecule has 0 spiro atoms. The number of hydrogen-bond acceptors (Lipinski definition) is 3. The standard InChI is InChI=1S/C20H19N3O2/c1-14(18-12-25-19-5-3-2-4-17(18)19)22-20(24)15-6-8-16(9-7-15)23-11-10-21-13-23/h2-11,13-14,18H,12H2,1H3,(H,22,24)/t14-,18-/m0/s1. The fourth-order valence-corrected chi connectivity index (χ4v) is 3.19. The SMILES string of the molecule is C[C@H](NC(=O)c1ccc(-n2ccnc2)cc1)[C@@H]1COc2ccccc21. The molecule has 2 aromatic carbocycles. The highest BCUT2D eigenvalue weighted by Gasteiger charge is 2.29. The molecule has 1 aliphatic rings. The van der Waals surface area contributed by atoms with Gasteiger partial charge in [0.25, 0.3) is 5.91 Å². The second kappa shape index (κ2) is 6.43. The van der Waals surface area contributed by atoms with Gasteiger partial charge in [-0.1, -0.05) is 18.2 Å². The van der Waals surface area contributed by atoms with Crippen LogP contribution < -0.4 is 10.1 Å². The van der Waals surface area contributed by atoms with Crippen LogP contribution in [0.25, 0.3) is 5.69 Å². The first-order chi connectivity index (χ1) is 12.2. The first-order valence-electron chi connectivity index (χ1n) is 8.33. The molecule has 0 radical (unpaired) electrons. The molecule has 1 amide bonds. The van der Waals surface area contributed by atoms with E-state index in [0.717, 1.165) is 17.0 Å². The Morgan fingerprint density at radius 1 is 1.24 bits per heavy atom. The van der Waals surface area contributed by atoms with Crippen molar-refractivity contribution in [3.63, 3.8) is 0 Å². The second-order valence-electron chi connectivity index (χ2n) is 6.23. The summed E-state index contributed by atoms with van der Waals surface area (Å²) in [6.07, 6.45) is 5.33. The zero-order valence-corrected chi connectivity index (χ0v) is 13.9. The topological polar surface area (TPSA) is 56.2 Å². The van der Waals surface area contributed by atoms with E-state index in [2.05, 4.69) is 16.4 Å². The van der Waals surface area contributed by atoms with Crippen molar-refractivity contribution >= 4 is 5.91 Å². The lowest BCUT2D eigenvalue weighted by atomic mass is 9.94. The number of ether oxygens (including phenoxy) is 1. The predicted octanol–water partition coefficient (Wildman–Crippen LogP) is 3.17. The molecule has 2 heterocycles. The second-order valence-corrected chi connectivity index (χ2v) is 6.23. The minimum absolute atomic E-state index is 0.00975. The molecule has 3 aromatic rings. The fraction of sp³-hybridized carbons (Fsp3) is 0.200. The summed E-state index contributed by atoms with van der Waals surface area (Å²) >= 11 is 0. The van der Waals surface area contributed by atoms with Gasteiger partial charge in [0.15, 0.2) is 0 Å². The van der Waals surface area contributed by atoms with Crippen molar-refractivity contribution in [3.05, 3.63) is 78.4 Å². The van der Waals surface area contributed by atoms with Gasteiger partial charge in [0.05, 0.1) is 12.9 Å². The summed E-state index contributed by atoms with van der Waals surface area (Å²) in [5, 5.41) is 3.10. The Labute approximate surface area is 146 Å². The fourth-order valence-electron chi connectivity index (χ4n) is 3.19. The Hall–Kier alpha value is -3.08. The van der Waals surface area contributed by atoms with Crippen LogP contribution in [-0.4, -0.2) is 28.1 Å². The molecule has 5 heteroatoms. The third-order valence-electron chi connectivity index (χ3n) is 4.63. The van der Waals surface area contributed by atoms with E-state index in [1.165, 1.54) is 0 Å². The number of benzene rings is 2. The summed E-state index contributed by atoms with van der Waals surface area (Å²) < 4.78 is 7.62. The maximum atomic E-state index is 12.6. The molecule has 5 nitrogen and oxygen atoms in total. The van der Waals surface area contributed by atoms with E-state index in [-0.39, 0.29) is 17.9 Å². The summed E-state index contributed by atoms with van der Waals surface area (Å²) in [7, 11) is 0. The predicted molar refractivity (Wildman–Crippen MR) is 95.2 cm³/mol. The third-order valence-corrected chi connectivity index (χ3v) is 4.63. The molecule has 0 fully saturated rings. The van der Waals surface area contributed by atoms with Crippen LogP contribution in [0.5, 0.6) is 5.75 Å². The van der Waals surface area contributed by atoms with Crippen LogP contribution in [0.3, 0.4) is 0 Å². The summed E-state index contributed by atoms with van der Waals surface area (Å²) in [6.45, 7) is 2.62. The van der Waals surface area contributed by atoms with Crippen LogP contribution in [0.1, 0.15) is 28.8 Å². The molecule has 0 aliphatic carbocycles. The van der Waals surface area contributed by atoms with Gasteiger partial charge in [-0.3, -0.25) is 4.79 Å². The van der Waals surface area contributed by atoms with Gasteiger partial charge in [-0.15, -0.1) is 0 Å². The molecule has 0 saturated heterocycles. The lowest BCUT2D eigenvalue weighted by Gasteiger charge is -2.20. The van der Waals surface area contributed by atoms with Gasteiger partial charge < -0.3 is 14.6 Å². The minimum atomic E-state index is -0.0749. The van der Waals surface area contributed by atoms with Crippen LogP contribution in [0, 0.1) is 0 Å². The monoisotopic (exact) mass is 333 g/mol. The number of carbonyl (C=O) groups is 1. The Bertz CT molecular complexity index is 872. The summed E-state index contributed by atoms with van der Waals surface area (Å²) in [4.78, 5) is 16.6. The van der Waals surface area contributed by atoms with Crippen LogP contribution in [0.2, 0.25) is 0 Å². The highest BCUT2D eigenvalue weighted by Crippen LogP contribution is 2.35. The van der Waals surface area contributed by atoms with Crippen molar-refractivity contribution in [1.29, 1.82) is 0 Å². The van der Waals surface area contributed by atoms with Crippen molar-refractivity contribution in [2.24, 2.45) is 0 Å². The van der Waals surface area contributed by atoms with Crippen LogP contribution in [0.15, 0.2) is 67.3 Å². The van der Waals surface area contributed by atoms with E-state index >= 15 is 0 Å². The number of imidazole rings is 1. The van der Waals surface area contributed by atoms with Gasteiger partial charge in [-0.05, 0) is 37.3 Å². The number of carbonyl (C=O) groups excluding carboxylic acids is 1. The Kier molecular flexibility index (Phi) is 3.98. The number of fused-ring (bicyclic) bond motifs is 1. The molecule has 4 rings (SSSR count). The summed E-state index contributed by atoms with van der Waals surface area (Å²) in [5.41, 5.74) is 2.77. The van der Waals surface area contributed by atoms with E-state index in [9.17, 15) is 4.79 Å². The number of amides is 1. The van der Waals surface area contributed by atoms with E-state index in [1.807, 2.05) is 60.2 Å². The average molecular weight is 333 g/mol. The largest absolute Gasteiger partial charge is 0.493 e. The summed E-state index contributed by atoms with van der Waals surface area (Å²) in [5.74, 6) is 1.01. The minimum Gasteiger partial charge on any atom is -0.493 e. The van der Waals surface area contributed by atoms with Crippen LogP contribution in [-0.2, 0) is 0 Å². The molecule has 1 aromatic heterocycles. The highest BCUT2D eigenvalue weighted by molar-refractivity contribution is 5.94. The number of aromatic nitrogens is 2. The first-order valence-corrected chi connectivity index (χ1v) is 8.33. The van der Waals surface area contributed by atoms with Gasteiger partial charge in [0.2, 0.25) is 0 Å². The molecule has 1 N–H and O–H groups in total.